The second kappa shape index (κ2) is 14.4. The first kappa shape index (κ1) is 35.5. The molecule has 0 N–H and O–H groups in total. The molecule has 0 aliphatic heterocycles. The molecular formula is C33H27F3N8O4S2. The molecule has 17 heteroatoms. The van der Waals surface area contributed by atoms with E-state index in [0.717, 1.165) is 23.2 Å². The Morgan fingerprint density at radius 1 is 0.680 bits per heavy atom. The molecule has 256 valence electrons. The fourth-order valence-electron chi connectivity index (χ4n) is 4.90. The Balaban J connectivity index is 0.000000187. The normalized spacial score (nSPS) is 11.1. The van der Waals surface area contributed by atoms with E-state index in [1.165, 1.54) is 48.5 Å². The molecule has 0 saturated heterocycles. The molecule has 0 aliphatic rings. The molecule has 0 fully saturated rings. The second-order valence-corrected chi connectivity index (χ2v) is 12.9. The van der Waals surface area contributed by atoms with Crippen molar-refractivity contribution in [3.05, 3.63) is 110 Å². The lowest BCUT2D eigenvalue weighted by Gasteiger charge is -2.05. The van der Waals surface area contributed by atoms with E-state index < -0.39 is 9.84 Å². The van der Waals surface area contributed by atoms with Crippen LogP contribution in [0.15, 0.2) is 117 Å². The van der Waals surface area contributed by atoms with Crippen molar-refractivity contribution in [1.29, 1.82) is 0 Å². The van der Waals surface area contributed by atoms with Crippen LogP contribution in [-0.4, -0.2) is 59.6 Å². The van der Waals surface area contributed by atoms with Crippen LogP contribution in [0.2, 0.25) is 0 Å². The van der Waals surface area contributed by atoms with Gasteiger partial charge in [0.15, 0.2) is 5.16 Å². The Hall–Kier alpha value is -5.81. The van der Waals surface area contributed by atoms with E-state index in [2.05, 4.69) is 29.9 Å². The lowest BCUT2D eigenvalue weighted by molar-refractivity contribution is 0.593. The molecule has 2 aromatic carbocycles. The molecule has 8 aromatic rings. The Kier molecular flexibility index (Phi) is 10.2. The fraction of sp³-hybridized carbons (Fsp3) is 0.0909. The highest BCUT2D eigenvalue weighted by molar-refractivity contribution is 7.98. The third-order valence-corrected chi connectivity index (χ3v) is 8.45. The van der Waals surface area contributed by atoms with Gasteiger partial charge in [0.05, 0.1) is 11.4 Å². The summed E-state index contributed by atoms with van der Waals surface area (Å²) in [5.74, 6) is 0.122. The monoisotopic (exact) mass is 720 g/mol. The first-order valence-corrected chi connectivity index (χ1v) is 17.1. The third-order valence-electron chi connectivity index (χ3n) is 7.03. The van der Waals surface area contributed by atoms with Crippen LogP contribution in [0.1, 0.15) is 7.43 Å². The lowest BCUT2D eigenvalue weighted by Crippen LogP contribution is -2.05. The summed E-state index contributed by atoms with van der Waals surface area (Å²) in [4.78, 5) is 25.6. The zero-order chi connectivity index (χ0) is 33.4. The maximum atomic E-state index is 13.2. The van der Waals surface area contributed by atoms with Gasteiger partial charge in [0, 0.05) is 42.2 Å². The minimum absolute atomic E-state index is 0. The van der Waals surface area contributed by atoms with E-state index >= 15 is 0 Å². The average Bonchev–Trinajstić information content (AvgIpc) is 3.87. The van der Waals surface area contributed by atoms with Crippen molar-refractivity contribution in [3.63, 3.8) is 0 Å². The van der Waals surface area contributed by atoms with Gasteiger partial charge in [-0.05, 0) is 66.9 Å². The number of oxazole rings is 2. The van der Waals surface area contributed by atoms with E-state index in [-0.39, 0.29) is 28.9 Å². The topological polar surface area (TPSA) is 147 Å². The highest BCUT2D eigenvalue weighted by atomic mass is 32.2. The third kappa shape index (κ3) is 6.85. The summed E-state index contributed by atoms with van der Waals surface area (Å²) < 4.78 is 64.1. The maximum absolute atomic E-state index is 13.2. The number of nitrogens with zero attached hydrogens (tertiary/aromatic N) is 8. The number of hydrogen-bond donors (Lipinski definition) is 0. The molecule has 0 radical (unpaired) electrons. The lowest BCUT2D eigenvalue weighted by atomic mass is 10.1. The number of imidazole rings is 2. The molecule has 6 aromatic heterocycles. The molecular weight excluding hydrogens is 694 g/mol. The molecule has 0 spiro atoms. The Bertz CT molecular complexity index is 2510. The van der Waals surface area contributed by atoms with E-state index in [0.29, 0.717) is 45.2 Å². The molecule has 8 rings (SSSR count). The fourth-order valence-corrected chi connectivity index (χ4v) is 5.77. The van der Waals surface area contributed by atoms with Crippen molar-refractivity contribution in [3.8, 4) is 45.3 Å². The van der Waals surface area contributed by atoms with Gasteiger partial charge in [0.1, 0.15) is 46.9 Å². The maximum Gasteiger partial charge on any atom is 0.306 e. The molecule has 0 bridgehead atoms. The zero-order valence-electron chi connectivity index (χ0n) is 25.4. The zero-order valence-corrected chi connectivity index (χ0v) is 27.1. The van der Waals surface area contributed by atoms with Crippen LogP contribution in [-0.2, 0) is 9.84 Å². The van der Waals surface area contributed by atoms with Gasteiger partial charge in [0.25, 0.3) is 0 Å². The van der Waals surface area contributed by atoms with Gasteiger partial charge in [-0.15, -0.1) is 0 Å². The quantitative estimate of drug-likeness (QED) is 0.126. The molecule has 50 heavy (non-hydrogen) atoms. The summed E-state index contributed by atoms with van der Waals surface area (Å²) in [7, 11) is -3.56. The number of thioether (sulfide) groups is 1. The van der Waals surface area contributed by atoms with Crippen molar-refractivity contribution < 1.29 is 30.7 Å². The summed E-state index contributed by atoms with van der Waals surface area (Å²) in [5.41, 5.74) is 5.05. The number of sulfone groups is 1. The van der Waals surface area contributed by atoms with Crippen LogP contribution < -0.4 is 0 Å². The Labute approximate surface area is 287 Å². The van der Waals surface area contributed by atoms with Crippen molar-refractivity contribution in [2.45, 2.75) is 17.7 Å². The van der Waals surface area contributed by atoms with Gasteiger partial charge in [-0.25, -0.2) is 37.1 Å². The number of hydrogen-bond acceptors (Lipinski definition) is 11. The standard InChI is InChI=1S/C16H11FN4O3S.C16H11FN4OS.CH4.FH/c1-25(22,23)15-18-7-6-12(19-15)14-13(10-2-4-11(17)5-3-10)20-16-21(14)8-9-24-16;1-23-15-18-7-6-12(19-15)14-13(10-2-4-11(17)5-3-10)20-16-21(14)8-9-22-16;;/h2-9H,1H3;2-9H,1H3;1H4;1H. The Morgan fingerprint density at radius 2 is 1.14 bits per heavy atom. The first-order valence-electron chi connectivity index (χ1n) is 14.0. The van der Waals surface area contributed by atoms with Crippen LogP contribution in [0, 0.1) is 11.6 Å². The van der Waals surface area contributed by atoms with E-state index in [1.807, 2.05) is 16.7 Å². The van der Waals surface area contributed by atoms with Crippen LogP contribution in [0.5, 0.6) is 0 Å². The Morgan fingerprint density at radius 3 is 1.60 bits per heavy atom. The highest BCUT2D eigenvalue weighted by Gasteiger charge is 2.22. The molecule has 0 atom stereocenters. The predicted molar refractivity (Wildman–Crippen MR) is 182 cm³/mol. The van der Waals surface area contributed by atoms with Crippen LogP contribution in [0.4, 0.5) is 13.5 Å². The van der Waals surface area contributed by atoms with E-state index in [1.54, 1.807) is 59.6 Å². The van der Waals surface area contributed by atoms with E-state index in [9.17, 15) is 17.2 Å². The minimum Gasteiger partial charge on any atom is -0.432 e. The molecule has 0 saturated carbocycles. The van der Waals surface area contributed by atoms with Crippen LogP contribution in [0.3, 0.4) is 0 Å². The number of rotatable bonds is 6. The predicted octanol–water partition coefficient (Wildman–Crippen LogP) is 7.29. The van der Waals surface area contributed by atoms with Crippen molar-refractivity contribution in [1.82, 2.24) is 38.7 Å². The summed E-state index contributed by atoms with van der Waals surface area (Å²) in [5, 5.41) is 0.388. The highest BCUT2D eigenvalue weighted by Crippen LogP contribution is 2.34. The second-order valence-electron chi connectivity index (χ2n) is 10.2. The number of fused-ring (bicyclic) bond motifs is 2. The number of benzene rings is 2. The minimum atomic E-state index is -3.56. The summed E-state index contributed by atoms with van der Waals surface area (Å²) in [6.45, 7) is 0. The van der Waals surface area contributed by atoms with Crippen molar-refractivity contribution in [2.24, 2.45) is 0 Å². The molecule has 12 nitrogen and oxygen atoms in total. The molecule has 0 amide bonds. The van der Waals surface area contributed by atoms with Gasteiger partial charge in [-0.1, -0.05) is 19.2 Å². The molecule has 6 heterocycles. The average molecular weight is 721 g/mol. The largest absolute Gasteiger partial charge is 0.432 e. The van der Waals surface area contributed by atoms with E-state index in [4.69, 9.17) is 8.83 Å². The van der Waals surface area contributed by atoms with Gasteiger partial charge < -0.3 is 8.83 Å². The smallest absolute Gasteiger partial charge is 0.306 e. The van der Waals surface area contributed by atoms with Crippen LogP contribution in [0.25, 0.3) is 57.0 Å². The van der Waals surface area contributed by atoms with Crippen molar-refractivity contribution >= 4 is 33.3 Å². The summed E-state index contributed by atoms with van der Waals surface area (Å²) >= 11 is 1.47. The van der Waals surface area contributed by atoms with Gasteiger partial charge in [-0.3, -0.25) is 13.5 Å². The summed E-state index contributed by atoms with van der Waals surface area (Å²) in [6.07, 6.45) is 12.5. The van der Waals surface area contributed by atoms with Gasteiger partial charge >= 0.3 is 11.7 Å². The first-order chi connectivity index (χ1) is 23.2. The molecule has 0 unspecified atom stereocenters. The number of halogens is 3. The van der Waals surface area contributed by atoms with Gasteiger partial charge in [-0.2, -0.15) is 9.97 Å². The van der Waals surface area contributed by atoms with Gasteiger partial charge in [0.2, 0.25) is 15.0 Å². The summed E-state index contributed by atoms with van der Waals surface area (Å²) in [6, 6.07) is 15.4. The SMILES string of the molecule is C.CS(=O)(=O)c1nccc(-c2c(-c3ccc(F)cc3)nc3occn23)n1.CSc1nccc(-c2c(-c3ccc(F)cc3)nc3occn23)n1.F. The van der Waals surface area contributed by atoms with Crippen molar-refractivity contribution in [2.75, 3.05) is 12.5 Å². The molecule has 0 aliphatic carbocycles. The number of aromatic nitrogens is 8. The van der Waals surface area contributed by atoms with Crippen LogP contribution >= 0.6 is 11.8 Å².